The molecule has 4 heteroatoms. The Morgan fingerprint density at radius 1 is 0.676 bits per heavy atom. The van der Waals surface area contributed by atoms with Crippen LogP contribution in [0, 0.1) is 0 Å². The molecule has 0 aliphatic carbocycles. The summed E-state index contributed by atoms with van der Waals surface area (Å²) in [6.45, 7) is 4.34. The van der Waals surface area contributed by atoms with E-state index >= 15 is 0 Å². The minimum atomic E-state index is -0.726. The van der Waals surface area contributed by atoms with Gasteiger partial charge in [0.25, 0.3) is 0 Å². The molecule has 194 valence electrons. The maximum absolute atomic E-state index is 12.3. The summed E-state index contributed by atoms with van der Waals surface area (Å²) < 4.78 is 5.79. The van der Waals surface area contributed by atoms with E-state index in [2.05, 4.69) is 62.5 Å². The lowest BCUT2D eigenvalue weighted by atomic mass is 10.0. The number of rotatable bonds is 23. The smallest absolute Gasteiger partial charge is 0.306 e. The number of carboxylic acid groups (broad SMARTS) is 1. The number of carbonyl (C=O) groups excluding carboxylic acids is 1. The van der Waals surface area contributed by atoms with Crippen LogP contribution in [0.5, 0.6) is 0 Å². The lowest BCUT2D eigenvalue weighted by Crippen LogP contribution is -2.18. The van der Waals surface area contributed by atoms with Gasteiger partial charge in [-0.1, -0.05) is 94.6 Å². The summed E-state index contributed by atoms with van der Waals surface area (Å²) in [5, 5.41) is 8.72. The summed E-state index contributed by atoms with van der Waals surface area (Å²) in [5.74, 6) is -0.829. The van der Waals surface area contributed by atoms with E-state index in [-0.39, 0.29) is 18.5 Å². The van der Waals surface area contributed by atoms with Gasteiger partial charge in [0.05, 0.1) is 0 Å². The van der Waals surface area contributed by atoms with E-state index in [9.17, 15) is 9.59 Å². The van der Waals surface area contributed by atoms with Crippen molar-refractivity contribution in [3.05, 3.63) is 48.6 Å². The van der Waals surface area contributed by atoms with Gasteiger partial charge in [0, 0.05) is 12.8 Å². The molecule has 4 nitrogen and oxygen atoms in total. The number of carbonyl (C=O) groups is 2. The topological polar surface area (TPSA) is 63.6 Å². The van der Waals surface area contributed by atoms with Gasteiger partial charge in [0.15, 0.2) is 0 Å². The summed E-state index contributed by atoms with van der Waals surface area (Å²) in [7, 11) is 0. The third kappa shape index (κ3) is 24.5. The van der Waals surface area contributed by atoms with Crippen LogP contribution in [0.25, 0.3) is 0 Å². The number of hydrogen-bond donors (Lipinski definition) is 1. The van der Waals surface area contributed by atoms with Crippen LogP contribution < -0.4 is 0 Å². The number of aliphatic carboxylic acids is 1. The Morgan fingerprint density at radius 2 is 1.21 bits per heavy atom. The standard InChI is InChI=1S/C30H50O4/c1-3-5-7-9-10-11-12-13-14-15-16-17-23-27-30(33)34-28(24-20-8-6-4-2)25-21-18-19-22-26-29(31)32/h5,7,10-11,13-14,16-17,28H,3-4,6,8-9,12,15,18-27H2,1-2H3,(H,31,32)/b7-5-,11-10-,14-13-,17-16-. The molecule has 0 fully saturated rings. The summed E-state index contributed by atoms with van der Waals surface area (Å²) >= 11 is 0. The van der Waals surface area contributed by atoms with E-state index in [1.54, 1.807) is 0 Å². The second kappa shape index (κ2) is 25.5. The number of hydrogen-bond acceptors (Lipinski definition) is 3. The highest BCUT2D eigenvalue weighted by Gasteiger charge is 2.13. The largest absolute Gasteiger partial charge is 0.481 e. The normalized spacial score (nSPS) is 13.0. The molecule has 0 radical (unpaired) electrons. The zero-order valence-corrected chi connectivity index (χ0v) is 21.9. The first-order valence-corrected chi connectivity index (χ1v) is 13.6. The summed E-state index contributed by atoms with van der Waals surface area (Å²) in [5.41, 5.74) is 0. The molecule has 1 N–H and O–H groups in total. The van der Waals surface area contributed by atoms with Gasteiger partial charge < -0.3 is 9.84 Å². The molecule has 0 aromatic heterocycles. The van der Waals surface area contributed by atoms with Crippen LogP contribution in [0.15, 0.2) is 48.6 Å². The molecule has 0 saturated heterocycles. The van der Waals surface area contributed by atoms with Crippen molar-refractivity contribution in [2.45, 2.75) is 129 Å². The minimum absolute atomic E-state index is 0.00117. The first-order valence-electron chi connectivity index (χ1n) is 13.6. The number of carboxylic acids is 1. The molecule has 0 aliphatic rings. The Bertz CT molecular complexity index is 601. The Balaban J connectivity index is 4.07. The first kappa shape index (κ1) is 31.9. The lowest BCUT2D eigenvalue weighted by Gasteiger charge is -2.18. The van der Waals surface area contributed by atoms with Gasteiger partial charge in [0.1, 0.15) is 6.10 Å². The quantitative estimate of drug-likeness (QED) is 0.0912. The van der Waals surface area contributed by atoms with Gasteiger partial charge in [-0.05, 0) is 64.2 Å². The fourth-order valence-electron chi connectivity index (χ4n) is 3.61. The molecule has 0 spiro atoms. The highest BCUT2D eigenvalue weighted by molar-refractivity contribution is 5.69. The van der Waals surface area contributed by atoms with E-state index < -0.39 is 5.97 Å². The third-order valence-corrected chi connectivity index (χ3v) is 5.58. The molecular weight excluding hydrogens is 424 g/mol. The molecule has 0 heterocycles. The number of unbranched alkanes of at least 4 members (excludes halogenated alkanes) is 6. The average Bonchev–Trinajstić information content (AvgIpc) is 2.81. The van der Waals surface area contributed by atoms with Gasteiger partial charge in [-0.3, -0.25) is 9.59 Å². The van der Waals surface area contributed by atoms with Crippen LogP contribution >= 0.6 is 0 Å². The van der Waals surface area contributed by atoms with Crippen LogP contribution in [0.1, 0.15) is 123 Å². The van der Waals surface area contributed by atoms with Crippen molar-refractivity contribution in [2.24, 2.45) is 0 Å². The van der Waals surface area contributed by atoms with Crippen molar-refractivity contribution in [1.29, 1.82) is 0 Å². The Morgan fingerprint density at radius 3 is 1.76 bits per heavy atom. The van der Waals surface area contributed by atoms with Crippen molar-refractivity contribution in [1.82, 2.24) is 0 Å². The van der Waals surface area contributed by atoms with Gasteiger partial charge >= 0.3 is 11.9 Å². The van der Waals surface area contributed by atoms with E-state index in [1.165, 1.54) is 19.3 Å². The molecule has 1 unspecified atom stereocenters. The second-order valence-corrected chi connectivity index (χ2v) is 8.85. The molecule has 0 aromatic carbocycles. The maximum Gasteiger partial charge on any atom is 0.306 e. The van der Waals surface area contributed by atoms with Crippen LogP contribution in [-0.2, 0) is 14.3 Å². The van der Waals surface area contributed by atoms with Crippen LogP contribution in [-0.4, -0.2) is 23.1 Å². The number of allylic oxidation sites excluding steroid dienone is 8. The van der Waals surface area contributed by atoms with Gasteiger partial charge in [-0.2, -0.15) is 0 Å². The van der Waals surface area contributed by atoms with Crippen molar-refractivity contribution >= 4 is 11.9 Å². The molecule has 0 saturated carbocycles. The third-order valence-electron chi connectivity index (χ3n) is 5.58. The Labute approximate surface area is 209 Å². The highest BCUT2D eigenvalue weighted by atomic mass is 16.5. The molecule has 0 amide bonds. The predicted octanol–water partition coefficient (Wildman–Crippen LogP) is 8.88. The maximum atomic E-state index is 12.3. The number of ether oxygens (including phenoxy) is 1. The van der Waals surface area contributed by atoms with Gasteiger partial charge in [0.2, 0.25) is 0 Å². The van der Waals surface area contributed by atoms with Crippen LogP contribution in [0.4, 0.5) is 0 Å². The fourth-order valence-corrected chi connectivity index (χ4v) is 3.61. The molecular formula is C30H50O4. The monoisotopic (exact) mass is 474 g/mol. The summed E-state index contributed by atoms with van der Waals surface area (Å²) in [4.78, 5) is 22.9. The van der Waals surface area contributed by atoms with E-state index in [0.717, 1.165) is 70.6 Å². The SMILES string of the molecule is CC/C=C\C/C=C\C/C=C\C/C=C\CCC(=O)OC(CCCCCC)CCCCCCC(=O)O. The van der Waals surface area contributed by atoms with E-state index in [0.29, 0.717) is 12.8 Å². The Kier molecular flexibility index (Phi) is 23.9. The van der Waals surface area contributed by atoms with E-state index in [4.69, 9.17) is 9.84 Å². The minimum Gasteiger partial charge on any atom is -0.481 e. The Hall–Kier alpha value is -2.10. The second-order valence-electron chi connectivity index (χ2n) is 8.85. The molecule has 0 aliphatic heterocycles. The lowest BCUT2D eigenvalue weighted by molar-refractivity contribution is -0.149. The van der Waals surface area contributed by atoms with Crippen molar-refractivity contribution in [3.8, 4) is 0 Å². The molecule has 1 atom stereocenters. The fraction of sp³-hybridized carbons (Fsp3) is 0.667. The van der Waals surface area contributed by atoms with Crippen LogP contribution in [0.2, 0.25) is 0 Å². The van der Waals surface area contributed by atoms with Gasteiger partial charge in [-0.15, -0.1) is 0 Å². The summed E-state index contributed by atoms with van der Waals surface area (Å²) in [6.07, 6.45) is 32.7. The first-order chi connectivity index (χ1) is 16.6. The van der Waals surface area contributed by atoms with Crippen LogP contribution in [0.3, 0.4) is 0 Å². The van der Waals surface area contributed by atoms with Crippen molar-refractivity contribution < 1.29 is 19.4 Å². The number of esters is 1. The zero-order valence-electron chi connectivity index (χ0n) is 21.9. The molecule has 0 rings (SSSR count). The van der Waals surface area contributed by atoms with E-state index in [1.807, 2.05) is 0 Å². The highest BCUT2D eigenvalue weighted by Crippen LogP contribution is 2.17. The molecule has 0 bridgehead atoms. The predicted molar refractivity (Wildman–Crippen MR) is 144 cm³/mol. The summed E-state index contributed by atoms with van der Waals surface area (Å²) in [6, 6.07) is 0. The molecule has 34 heavy (non-hydrogen) atoms. The molecule has 0 aromatic rings. The zero-order chi connectivity index (χ0) is 25.1. The van der Waals surface area contributed by atoms with Gasteiger partial charge in [-0.25, -0.2) is 0 Å². The van der Waals surface area contributed by atoms with Crippen molar-refractivity contribution in [3.63, 3.8) is 0 Å². The van der Waals surface area contributed by atoms with Crippen molar-refractivity contribution in [2.75, 3.05) is 0 Å². The average molecular weight is 475 g/mol.